The van der Waals surface area contributed by atoms with Crippen molar-refractivity contribution in [1.29, 1.82) is 0 Å². The minimum absolute atomic E-state index is 0.294. The lowest BCUT2D eigenvalue weighted by Gasteiger charge is -2.32. The zero-order valence-electron chi connectivity index (χ0n) is 28.6. The highest BCUT2D eigenvalue weighted by atomic mass is 15.1. The highest BCUT2D eigenvalue weighted by molar-refractivity contribution is 6.12. The van der Waals surface area contributed by atoms with Gasteiger partial charge in [-0.2, -0.15) is 0 Å². The van der Waals surface area contributed by atoms with E-state index >= 15 is 0 Å². The number of rotatable bonds is 4. The van der Waals surface area contributed by atoms with E-state index in [2.05, 4.69) is 181 Å². The lowest BCUT2D eigenvalue weighted by Crippen LogP contribution is -2.24. The summed E-state index contributed by atoms with van der Waals surface area (Å²) in [4.78, 5) is 2.53. The van der Waals surface area contributed by atoms with Crippen molar-refractivity contribution in [3.8, 4) is 22.3 Å². The fourth-order valence-electron chi connectivity index (χ4n) is 10.3. The summed E-state index contributed by atoms with van der Waals surface area (Å²) in [7, 11) is 0. The van der Waals surface area contributed by atoms with E-state index in [4.69, 9.17) is 0 Å². The maximum Gasteiger partial charge on any atom is 0.0734 e. The van der Waals surface area contributed by atoms with Crippen LogP contribution < -0.4 is 4.90 Å². The molecule has 0 heterocycles. The zero-order chi connectivity index (χ0) is 34.0. The molecule has 1 atom stereocenters. The van der Waals surface area contributed by atoms with E-state index in [9.17, 15) is 0 Å². The van der Waals surface area contributed by atoms with Crippen LogP contribution in [0.3, 0.4) is 0 Å². The van der Waals surface area contributed by atoms with Crippen molar-refractivity contribution in [1.82, 2.24) is 0 Å². The number of nitrogens with zero attached hydrogens (tertiary/aromatic N) is 1. The summed E-state index contributed by atoms with van der Waals surface area (Å²) >= 11 is 0. The third-order valence-electron chi connectivity index (χ3n) is 12.2. The van der Waals surface area contributed by atoms with Crippen LogP contribution >= 0.6 is 0 Å². The molecule has 0 fully saturated rings. The van der Waals surface area contributed by atoms with Crippen LogP contribution in [0.5, 0.6) is 0 Å². The van der Waals surface area contributed by atoms with Crippen LogP contribution in [0.1, 0.15) is 40.7 Å². The Balaban J connectivity index is 1.16. The minimum atomic E-state index is -0.294. The van der Waals surface area contributed by atoms with Gasteiger partial charge < -0.3 is 4.90 Å². The molecule has 0 amide bonds. The Morgan fingerprint density at radius 1 is 0.462 bits per heavy atom. The van der Waals surface area contributed by atoms with E-state index < -0.39 is 0 Å². The fraction of sp³-hybridized carbons (Fsp3) is 0.0588. The van der Waals surface area contributed by atoms with Gasteiger partial charge in [0.2, 0.25) is 0 Å². The zero-order valence-corrected chi connectivity index (χ0v) is 28.6. The second kappa shape index (κ2) is 10.3. The molecule has 0 saturated heterocycles. The molecule has 0 aromatic heterocycles. The van der Waals surface area contributed by atoms with Gasteiger partial charge in [-0.05, 0) is 121 Å². The van der Waals surface area contributed by atoms with Gasteiger partial charge in [-0.1, -0.05) is 146 Å². The highest BCUT2D eigenvalue weighted by Gasteiger charge is 2.59. The quantitative estimate of drug-likeness (QED) is 0.182. The summed E-state index contributed by atoms with van der Waals surface area (Å²) in [6.45, 7) is 0. The monoisotopic (exact) mass is 659 g/mol. The SMILES string of the molecule is C1=C2C3=C(CC1)c1cccc4c1C3(c1cc(N(c3ccccc3-c3ccc5ccccc5c3)c3cccc5ccccc35)ccc12)c1ccccc1-4. The van der Waals surface area contributed by atoms with Gasteiger partial charge in [0.05, 0.1) is 16.8 Å². The van der Waals surface area contributed by atoms with Crippen LogP contribution in [0, 0.1) is 0 Å². The van der Waals surface area contributed by atoms with Crippen molar-refractivity contribution in [2.24, 2.45) is 0 Å². The molecule has 0 saturated carbocycles. The third kappa shape index (κ3) is 3.53. The maximum atomic E-state index is 2.55. The first-order chi connectivity index (χ1) is 25.8. The molecule has 0 radical (unpaired) electrons. The van der Waals surface area contributed by atoms with Gasteiger partial charge in [0.15, 0.2) is 0 Å². The molecule has 1 spiro atoms. The molecule has 1 nitrogen and oxygen atoms in total. The van der Waals surface area contributed by atoms with E-state index in [1.807, 2.05) is 0 Å². The van der Waals surface area contributed by atoms with Gasteiger partial charge in [-0.25, -0.2) is 0 Å². The van der Waals surface area contributed by atoms with Gasteiger partial charge >= 0.3 is 0 Å². The van der Waals surface area contributed by atoms with Crippen molar-refractivity contribution in [2.45, 2.75) is 18.3 Å². The molecule has 12 rings (SSSR count). The highest BCUT2D eigenvalue weighted by Crippen LogP contribution is 2.71. The van der Waals surface area contributed by atoms with E-state index in [0.717, 1.165) is 12.8 Å². The number of hydrogen-bond acceptors (Lipinski definition) is 1. The van der Waals surface area contributed by atoms with Gasteiger partial charge in [-0.15, -0.1) is 0 Å². The van der Waals surface area contributed by atoms with Crippen molar-refractivity contribution in [3.05, 3.63) is 209 Å². The van der Waals surface area contributed by atoms with Crippen LogP contribution in [-0.2, 0) is 5.41 Å². The van der Waals surface area contributed by atoms with Gasteiger partial charge in [0.25, 0.3) is 0 Å². The van der Waals surface area contributed by atoms with Crippen molar-refractivity contribution >= 4 is 49.8 Å². The van der Waals surface area contributed by atoms with Crippen molar-refractivity contribution in [2.75, 3.05) is 4.90 Å². The van der Waals surface area contributed by atoms with Crippen LogP contribution in [0.15, 0.2) is 182 Å². The largest absolute Gasteiger partial charge is 0.309 e. The van der Waals surface area contributed by atoms with E-state index in [1.54, 1.807) is 5.57 Å². The predicted octanol–water partition coefficient (Wildman–Crippen LogP) is 13.4. The normalized spacial score (nSPS) is 17.2. The van der Waals surface area contributed by atoms with Crippen LogP contribution in [0.4, 0.5) is 17.1 Å². The van der Waals surface area contributed by atoms with E-state index in [1.165, 1.54) is 99.8 Å². The smallest absolute Gasteiger partial charge is 0.0734 e. The van der Waals surface area contributed by atoms with Crippen molar-refractivity contribution < 1.29 is 0 Å². The average Bonchev–Trinajstić information content (AvgIpc) is 3.81. The molecule has 1 heteroatoms. The van der Waals surface area contributed by atoms with Crippen LogP contribution in [-0.4, -0.2) is 0 Å². The van der Waals surface area contributed by atoms with E-state index in [-0.39, 0.29) is 5.41 Å². The molecule has 8 aromatic rings. The first kappa shape index (κ1) is 28.3. The van der Waals surface area contributed by atoms with Gasteiger partial charge in [0.1, 0.15) is 0 Å². The van der Waals surface area contributed by atoms with Gasteiger partial charge in [-0.3, -0.25) is 0 Å². The number of para-hydroxylation sites is 1. The maximum absolute atomic E-state index is 2.55. The number of hydrogen-bond donors (Lipinski definition) is 0. The minimum Gasteiger partial charge on any atom is -0.309 e. The Morgan fingerprint density at radius 3 is 2.12 bits per heavy atom. The summed E-state index contributed by atoms with van der Waals surface area (Å²) in [5.41, 5.74) is 20.1. The fourth-order valence-corrected chi connectivity index (χ4v) is 10.3. The summed E-state index contributed by atoms with van der Waals surface area (Å²) in [6, 6.07) is 63.6. The molecule has 242 valence electrons. The average molecular weight is 660 g/mol. The molecule has 4 aliphatic rings. The first-order valence-electron chi connectivity index (χ1n) is 18.5. The van der Waals surface area contributed by atoms with Crippen LogP contribution in [0.2, 0.25) is 0 Å². The summed E-state index contributed by atoms with van der Waals surface area (Å²) in [5, 5.41) is 4.97. The molecule has 0 aliphatic heterocycles. The third-order valence-corrected chi connectivity index (χ3v) is 12.2. The number of allylic oxidation sites excluding steroid dienone is 4. The molecule has 0 bridgehead atoms. The molecular weight excluding hydrogens is 627 g/mol. The Bertz CT molecular complexity index is 2920. The number of fused-ring (bicyclic) bond motifs is 7. The van der Waals surface area contributed by atoms with Gasteiger partial charge in [0, 0.05) is 16.6 Å². The van der Waals surface area contributed by atoms with Crippen LogP contribution in [0.25, 0.3) is 54.9 Å². The molecule has 4 aliphatic carbocycles. The van der Waals surface area contributed by atoms with Crippen molar-refractivity contribution in [3.63, 3.8) is 0 Å². The number of benzene rings is 8. The Labute approximate surface area is 303 Å². The summed E-state index contributed by atoms with van der Waals surface area (Å²) in [5.74, 6) is 0. The summed E-state index contributed by atoms with van der Waals surface area (Å²) in [6.07, 6.45) is 4.70. The molecular formula is C51H33N. The Hall–Kier alpha value is -6.44. The number of anilines is 3. The Kier molecular flexibility index (Phi) is 5.61. The Morgan fingerprint density at radius 2 is 1.17 bits per heavy atom. The van der Waals surface area contributed by atoms with E-state index in [0.29, 0.717) is 0 Å². The second-order valence-electron chi connectivity index (χ2n) is 14.7. The summed E-state index contributed by atoms with van der Waals surface area (Å²) < 4.78 is 0. The second-order valence-corrected chi connectivity index (χ2v) is 14.7. The molecule has 0 N–H and O–H groups in total. The topological polar surface area (TPSA) is 3.24 Å². The lowest BCUT2D eigenvalue weighted by atomic mass is 9.72. The molecule has 8 aromatic carbocycles. The lowest BCUT2D eigenvalue weighted by molar-refractivity contribution is 0.809. The standard InChI is InChI=1S/C51H33N/c1-2-14-34-30-35(27-26-32(34)12-1)38-17-6-8-24-47(38)52(48-25-9-15-33-13-3-4-16-37(33)48)36-28-29-40-42-20-11-22-44-43-21-10-19-41-39-18-5-7-23-45(39)51(49(41)43,50(42)44)46(40)31-36/h1-10,12-21,23-31H,11,22H2. The molecule has 1 unspecified atom stereocenters. The first-order valence-corrected chi connectivity index (χ1v) is 18.5. The predicted molar refractivity (Wildman–Crippen MR) is 217 cm³/mol. The molecule has 52 heavy (non-hydrogen) atoms.